The second kappa shape index (κ2) is 5.56. The number of aromatic hydroxyl groups is 1. The fourth-order valence-corrected chi connectivity index (χ4v) is 2.79. The maximum atomic E-state index is 13.8. The van der Waals surface area contributed by atoms with E-state index in [-0.39, 0.29) is 17.2 Å². The predicted octanol–water partition coefficient (Wildman–Crippen LogP) is 3.16. The summed E-state index contributed by atoms with van der Waals surface area (Å²) in [4.78, 5) is 14.0. The molecule has 1 fully saturated rings. The number of amides is 1. The first-order valence-electron chi connectivity index (χ1n) is 6.98. The zero-order valence-corrected chi connectivity index (χ0v) is 11.5. The second-order valence-electron chi connectivity index (χ2n) is 5.31. The third kappa shape index (κ3) is 2.75. The Hall–Kier alpha value is -2.36. The Morgan fingerprint density at radius 3 is 2.67 bits per heavy atom. The topological polar surface area (TPSA) is 40.5 Å². The van der Waals surface area contributed by atoms with Gasteiger partial charge in [-0.2, -0.15) is 0 Å². The number of benzene rings is 2. The van der Waals surface area contributed by atoms with Crippen LogP contribution in [0.2, 0.25) is 0 Å². The first-order valence-corrected chi connectivity index (χ1v) is 6.98. The van der Waals surface area contributed by atoms with Crippen molar-refractivity contribution in [2.45, 2.75) is 12.3 Å². The van der Waals surface area contributed by atoms with Crippen LogP contribution >= 0.6 is 0 Å². The van der Waals surface area contributed by atoms with Crippen molar-refractivity contribution in [3.8, 4) is 5.75 Å². The van der Waals surface area contributed by atoms with Crippen LogP contribution < -0.4 is 0 Å². The molecule has 2 aromatic rings. The molecular formula is C17H16FNO2. The minimum absolute atomic E-state index is 0.0153. The summed E-state index contributed by atoms with van der Waals surface area (Å²) in [6.45, 7) is 1.22. The number of likely N-dealkylation sites (tertiary alicyclic amines) is 1. The van der Waals surface area contributed by atoms with Gasteiger partial charge in [0.15, 0.2) is 0 Å². The first kappa shape index (κ1) is 13.6. The molecule has 0 spiro atoms. The quantitative estimate of drug-likeness (QED) is 0.920. The summed E-state index contributed by atoms with van der Waals surface area (Å²) in [5.41, 5.74) is 1.22. The minimum atomic E-state index is -0.678. The monoisotopic (exact) mass is 285 g/mol. The van der Waals surface area contributed by atoms with E-state index in [4.69, 9.17) is 0 Å². The number of hydrogen-bond acceptors (Lipinski definition) is 2. The third-order valence-corrected chi connectivity index (χ3v) is 3.93. The van der Waals surface area contributed by atoms with Gasteiger partial charge >= 0.3 is 0 Å². The Kier molecular flexibility index (Phi) is 3.60. The number of nitrogens with zero attached hydrogens (tertiary/aromatic N) is 1. The molecule has 1 saturated heterocycles. The van der Waals surface area contributed by atoms with E-state index in [1.807, 2.05) is 18.2 Å². The molecule has 0 bridgehead atoms. The summed E-state index contributed by atoms with van der Waals surface area (Å²) in [6.07, 6.45) is 0.884. The standard InChI is InChI=1S/C17H16FNO2/c18-16-10-14(20)6-7-15(16)17(21)19-9-8-13(11-19)12-4-2-1-3-5-12/h1-7,10,13,20H,8-9,11H2. The molecule has 1 amide bonds. The SMILES string of the molecule is O=C(c1ccc(O)cc1F)N1CCC(c2ccccc2)C1. The van der Waals surface area contributed by atoms with Crippen molar-refractivity contribution >= 4 is 5.91 Å². The number of hydrogen-bond donors (Lipinski definition) is 1. The van der Waals surface area contributed by atoms with Crippen LogP contribution in [0.25, 0.3) is 0 Å². The molecule has 1 N–H and O–H groups in total. The van der Waals surface area contributed by atoms with Crippen LogP contribution in [-0.4, -0.2) is 29.0 Å². The molecule has 4 heteroatoms. The Labute approximate surface area is 122 Å². The first-order chi connectivity index (χ1) is 10.1. The average molecular weight is 285 g/mol. The predicted molar refractivity (Wildman–Crippen MR) is 77.8 cm³/mol. The number of phenolic OH excluding ortho intramolecular Hbond substituents is 1. The molecule has 1 heterocycles. The van der Waals surface area contributed by atoms with Gasteiger partial charge in [-0.15, -0.1) is 0 Å². The lowest BCUT2D eigenvalue weighted by Gasteiger charge is -2.17. The Bertz CT molecular complexity index is 657. The van der Waals surface area contributed by atoms with Gasteiger partial charge in [-0.1, -0.05) is 30.3 Å². The van der Waals surface area contributed by atoms with Crippen molar-refractivity contribution in [3.05, 3.63) is 65.5 Å². The highest BCUT2D eigenvalue weighted by molar-refractivity contribution is 5.94. The van der Waals surface area contributed by atoms with Gasteiger partial charge < -0.3 is 10.0 Å². The summed E-state index contributed by atoms with van der Waals surface area (Å²) < 4.78 is 13.8. The van der Waals surface area contributed by atoms with Crippen LogP contribution in [0, 0.1) is 5.82 Å². The molecule has 0 aliphatic carbocycles. The molecule has 1 unspecified atom stereocenters. The van der Waals surface area contributed by atoms with Crippen LogP contribution in [0.15, 0.2) is 48.5 Å². The highest BCUT2D eigenvalue weighted by atomic mass is 19.1. The molecule has 1 aliphatic heterocycles. The van der Waals surface area contributed by atoms with Gasteiger partial charge in [0.25, 0.3) is 5.91 Å². The smallest absolute Gasteiger partial charge is 0.256 e. The molecule has 1 aliphatic rings. The fourth-order valence-electron chi connectivity index (χ4n) is 2.79. The van der Waals surface area contributed by atoms with Crippen molar-refractivity contribution < 1.29 is 14.3 Å². The highest BCUT2D eigenvalue weighted by Gasteiger charge is 2.29. The van der Waals surface area contributed by atoms with Gasteiger partial charge in [-0.05, 0) is 24.1 Å². The summed E-state index contributed by atoms with van der Waals surface area (Å²) in [7, 11) is 0. The van der Waals surface area contributed by atoms with Crippen LogP contribution in [0.1, 0.15) is 28.3 Å². The summed E-state index contributed by atoms with van der Waals surface area (Å²) in [5, 5.41) is 9.21. The van der Waals surface area contributed by atoms with Crippen LogP contribution in [-0.2, 0) is 0 Å². The van der Waals surface area contributed by atoms with Crippen LogP contribution in [0.3, 0.4) is 0 Å². The second-order valence-corrected chi connectivity index (χ2v) is 5.31. The van der Waals surface area contributed by atoms with Crippen LogP contribution in [0.5, 0.6) is 5.75 Å². The third-order valence-electron chi connectivity index (χ3n) is 3.93. The Balaban J connectivity index is 1.75. The highest BCUT2D eigenvalue weighted by Crippen LogP contribution is 2.28. The lowest BCUT2D eigenvalue weighted by Crippen LogP contribution is -2.29. The van der Waals surface area contributed by atoms with Crippen molar-refractivity contribution in [2.24, 2.45) is 0 Å². The zero-order valence-electron chi connectivity index (χ0n) is 11.5. The van der Waals surface area contributed by atoms with Gasteiger partial charge in [0.2, 0.25) is 0 Å². The number of carbonyl (C=O) groups is 1. The molecular weight excluding hydrogens is 269 g/mol. The molecule has 1 atom stereocenters. The normalized spacial score (nSPS) is 18.0. The largest absolute Gasteiger partial charge is 0.508 e. The number of rotatable bonds is 2. The minimum Gasteiger partial charge on any atom is -0.508 e. The zero-order chi connectivity index (χ0) is 14.8. The summed E-state index contributed by atoms with van der Waals surface area (Å²) in [5.74, 6) is -0.864. The average Bonchev–Trinajstić information content (AvgIpc) is 2.97. The van der Waals surface area contributed by atoms with Gasteiger partial charge in [-0.3, -0.25) is 4.79 Å². The van der Waals surface area contributed by atoms with Gasteiger partial charge in [-0.25, -0.2) is 4.39 Å². The molecule has 21 heavy (non-hydrogen) atoms. The van der Waals surface area contributed by atoms with E-state index >= 15 is 0 Å². The van der Waals surface area contributed by atoms with Crippen molar-refractivity contribution in [3.63, 3.8) is 0 Å². The van der Waals surface area contributed by atoms with E-state index in [1.165, 1.54) is 17.7 Å². The molecule has 0 radical (unpaired) electrons. The van der Waals surface area contributed by atoms with E-state index in [0.29, 0.717) is 19.0 Å². The molecule has 2 aromatic carbocycles. The molecule has 3 rings (SSSR count). The van der Waals surface area contributed by atoms with E-state index < -0.39 is 5.82 Å². The van der Waals surface area contributed by atoms with Crippen molar-refractivity contribution in [2.75, 3.05) is 13.1 Å². The van der Waals surface area contributed by atoms with E-state index in [1.54, 1.807) is 4.90 Å². The Morgan fingerprint density at radius 1 is 1.19 bits per heavy atom. The van der Waals surface area contributed by atoms with E-state index in [9.17, 15) is 14.3 Å². The molecule has 0 aromatic heterocycles. The van der Waals surface area contributed by atoms with E-state index in [2.05, 4.69) is 12.1 Å². The summed E-state index contributed by atoms with van der Waals surface area (Å²) in [6, 6.07) is 13.7. The number of phenols is 1. The van der Waals surface area contributed by atoms with Crippen LogP contribution in [0.4, 0.5) is 4.39 Å². The van der Waals surface area contributed by atoms with Crippen molar-refractivity contribution in [1.29, 1.82) is 0 Å². The number of carbonyl (C=O) groups excluding carboxylic acids is 1. The Morgan fingerprint density at radius 2 is 1.95 bits per heavy atom. The molecule has 0 saturated carbocycles. The van der Waals surface area contributed by atoms with Gasteiger partial charge in [0, 0.05) is 25.1 Å². The number of halogens is 1. The van der Waals surface area contributed by atoms with E-state index in [0.717, 1.165) is 12.5 Å². The summed E-state index contributed by atoms with van der Waals surface area (Å²) >= 11 is 0. The van der Waals surface area contributed by atoms with Gasteiger partial charge in [0.05, 0.1) is 5.56 Å². The maximum absolute atomic E-state index is 13.8. The molecule has 3 nitrogen and oxygen atoms in total. The van der Waals surface area contributed by atoms with Gasteiger partial charge in [0.1, 0.15) is 11.6 Å². The lowest BCUT2D eigenvalue weighted by molar-refractivity contribution is 0.0786. The maximum Gasteiger partial charge on any atom is 0.256 e. The molecule has 108 valence electrons. The fraction of sp³-hybridized carbons (Fsp3) is 0.235. The lowest BCUT2D eigenvalue weighted by atomic mass is 9.99. The van der Waals surface area contributed by atoms with Crippen molar-refractivity contribution in [1.82, 2.24) is 4.90 Å².